The summed E-state index contributed by atoms with van der Waals surface area (Å²) < 4.78 is 52.9. The summed E-state index contributed by atoms with van der Waals surface area (Å²) in [7, 11) is 0. The zero-order valence-corrected chi connectivity index (χ0v) is 19.7. The molecule has 0 spiro atoms. The van der Waals surface area contributed by atoms with E-state index in [0.717, 1.165) is 12.1 Å². The Hall–Kier alpha value is -4.19. The SMILES string of the molecule is O=C(Nc1cccc(C(=O)Nc2cccc(C(F)(F)F)c2)c1)Nc1cc(-c2cc(F)cc(Br)c2)[nH]n1. The molecule has 0 unspecified atom stereocenters. The number of alkyl halides is 3. The van der Waals surface area contributed by atoms with Crippen molar-refractivity contribution in [3.05, 3.63) is 94.2 Å². The van der Waals surface area contributed by atoms with Gasteiger partial charge in [-0.15, -0.1) is 0 Å². The van der Waals surface area contributed by atoms with Gasteiger partial charge >= 0.3 is 12.2 Å². The molecule has 1 aromatic heterocycles. The normalized spacial score (nSPS) is 11.1. The van der Waals surface area contributed by atoms with Gasteiger partial charge in [-0.2, -0.15) is 18.3 Å². The molecule has 0 aliphatic carbocycles. The van der Waals surface area contributed by atoms with Crippen molar-refractivity contribution in [2.75, 3.05) is 16.0 Å². The molecule has 0 aliphatic heterocycles. The van der Waals surface area contributed by atoms with Crippen molar-refractivity contribution >= 4 is 45.1 Å². The first kappa shape index (κ1) is 24.9. The van der Waals surface area contributed by atoms with Crippen LogP contribution in [0.4, 0.5) is 39.5 Å². The van der Waals surface area contributed by atoms with E-state index in [1.807, 2.05) is 0 Å². The average Bonchev–Trinajstić information content (AvgIpc) is 3.26. The summed E-state index contributed by atoms with van der Waals surface area (Å²) in [5, 5.41) is 14.1. The molecule has 0 atom stereocenters. The van der Waals surface area contributed by atoms with Gasteiger partial charge < -0.3 is 10.6 Å². The third-order valence-corrected chi connectivity index (χ3v) is 5.28. The van der Waals surface area contributed by atoms with Crippen LogP contribution >= 0.6 is 15.9 Å². The van der Waals surface area contributed by atoms with Crippen molar-refractivity contribution < 1.29 is 27.2 Å². The van der Waals surface area contributed by atoms with Crippen molar-refractivity contribution in [1.29, 1.82) is 0 Å². The first-order chi connectivity index (χ1) is 17.1. The van der Waals surface area contributed by atoms with E-state index in [1.165, 1.54) is 54.6 Å². The average molecular weight is 562 g/mol. The zero-order chi connectivity index (χ0) is 25.9. The van der Waals surface area contributed by atoms with Gasteiger partial charge in [0.2, 0.25) is 0 Å². The van der Waals surface area contributed by atoms with E-state index in [2.05, 4.69) is 42.1 Å². The number of hydrogen-bond acceptors (Lipinski definition) is 3. The van der Waals surface area contributed by atoms with Crippen LogP contribution in [0.1, 0.15) is 15.9 Å². The fourth-order valence-electron chi connectivity index (χ4n) is 3.24. The molecule has 3 amide bonds. The van der Waals surface area contributed by atoms with Gasteiger partial charge in [0.15, 0.2) is 5.82 Å². The molecule has 3 aromatic carbocycles. The molecular weight excluding hydrogens is 546 g/mol. The Balaban J connectivity index is 1.40. The van der Waals surface area contributed by atoms with Gasteiger partial charge in [0.05, 0.1) is 11.3 Å². The van der Waals surface area contributed by atoms with Crippen LogP contribution in [0.2, 0.25) is 0 Å². The van der Waals surface area contributed by atoms with Gasteiger partial charge in [0, 0.05) is 33.0 Å². The number of carbonyl (C=O) groups excluding carboxylic acids is 2. The molecule has 7 nitrogen and oxygen atoms in total. The van der Waals surface area contributed by atoms with E-state index >= 15 is 0 Å². The Kier molecular flexibility index (Phi) is 7.06. The molecule has 1 heterocycles. The fraction of sp³-hybridized carbons (Fsp3) is 0.0417. The number of amides is 3. The highest BCUT2D eigenvalue weighted by Gasteiger charge is 2.30. The summed E-state index contributed by atoms with van der Waals surface area (Å²) in [4.78, 5) is 24.9. The molecule has 36 heavy (non-hydrogen) atoms. The predicted molar refractivity (Wildman–Crippen MR) is 130 cm³/mol. The standard InChI is InChI=1S/C24H16BrF4N5O2/c25-16-7-14(8-17(26)11-16)20-12-21(34-33-20)32-23(36)31-18-5-1-3-13(9-18)22(35)30-19-6-2-4-15(10-19)24(27,28)29/h1-12H,(H,30,35)(H3,31,32,33,34,36). The molecule has 4 N–H and O–H groups in total. The van der Waals surface area contributed by atoms with Gasteiger partial charge in [-0.1, -0.05) is 28.1 Å². The van der Waals surface area contributed by atoms with Crippen LogP contribution in [0.5, 0.6) is 0 Å². The molecule has 184 valence electrons. The first-order valence-corrected chi connectivity index (χ1v) is 11.0. The second-order valence-electron chi connectivity index (χ2n) is 7.52. The number of halogens is 5. The molecule has 0 saturated heterocycles. The summed E-state index contributed by atoms with van der Waals surface area (Å²) in [5.74, 6) is -0.934. The van der Waals surface area contributed by atoms with E-state index in [9.17, 15) is 27.2 Å². The van der Waals surface area contributed by atoms with Crippen LogP contribution in [-0.4, -0.2) is 22.1 Å². The maximum atomic E-state index is 13.6. The van der Waals surface area contributed by atoms with Crippen LogP contribution in [0.25, 0.3) is 11.3 Å². The smallest absolute Gasteiger partial charge is 0.322 e. The number of anilines is 3. The van der Waals surface area contributed by atoms with E-state index in [-0.39, 0.29) is 22.8 Å². The molecule has 0 saturated carbocycles. The van der Waals surface area contributed by atoms with Crippen LogP contribution < -0.4 is 16.0 Å². The number of urea groups is 1. The number of nitrogens with zero attached hydrogens (tertiary/aromatic N) is 1. The van der Waals surface area contributed by atoms with Gasteiger partial charge in [0.25, 0.3) is 5.91 Å². The summed E-state index contributed by atoms with van der Waals surface area (Å²) in [5.41, 5.74) is 0.448. The first-order valence-electron chi connectivity index (χ1n) is 10.3. The van der Waals surface area contributed by atoms with Crippen LogP contribution in [-0.2, 0) is 6.18 Å². The number of rotatable bonds is 5. The molecule has 0 radical (unpaired) electrons. The largest absolute Gasteiger partial charge is 0.416 e. The lowest BCUT2D eigenvalue weighted by molar-refractivity contribution is -0.137. The number of nitrogens with one attached hydrogen (secondary N) is 4. The second kappa shape index (κ2) is 10.2. The monoisotopic (exact) mass is 561 g/mol. The minimum atomic E-state index is -4.54. The summed E-state index contributed by atoms with van der Waals surface area (Å²) in [6.07, 6.45) is -4.54. The summed E-state index contributed by atoms with van der Waals surface area (Å²) in [6.45, 7) is 0. The number of H-pyrrole nitrogens is 1. The fourth-order valence-corrected chi connectivity index (χ4v) is 3.70. The van der Waals surface area contributed by atoms with Crippen molar-refractivity contribution in [2.24, 2.45) is 0 Å². The number of aromatic nitrogens is 2. The number of benzene rings is 3. The van der Waals surface area contributed by atoms with Gasteiger partial charge in [0.1, 0.15) is 5.82 Å². The molecule has 4 aromatic rings. The van der Waals surface area contributed by atoms with Crippen molar-refractivity contribution in [1.82, 2.24) is 10.2 Å². The van der Waals surface area contributed by atoms with E-state index < -0.39 is 29.5 Å². The highest BCUT2D eigenvalue weighted by Crippen LogP contribution is 2.31. The highest BCUT2D eigenvalue weighted by atomic mass is 79.9. The van der Waals surface area contributed by atoms with Gasteiger partial charge in [-0.25, -0.2) is 9.18 Å². The molecule has 0 aliphatic rings. The number of carbonyl (C=O) groups is 2. The number of hydrogen-bond donors (Lipinski definition) is 4. The Morgan fingerprint density at radius 2 is 1.58 bits per heavy atom. The number of aromatic amines is 1. The van der Waals surface area contributed by atoms with Crippen molar-refractivity contribution in [3.8, 4) is 11.3 Å². The summed E-state index contributed by atoms with van der Waals surface area (Å²) in [6, 6.07) is 15.2. The quantitative estimate of drug-likeness (QED) is 0.199. The Morgan fingerprint density at radius 3 is 2.31 bits per heavy atom. The topological polar surface area (TPSA) is 98.9 Å². The Morgan fingerprint density at radius 1 is 0.861 bits per heavy atom. The maximum absolute atomic E-state index is 13.6. The second-order valence-corrected chi connectivity index (χ2v) is 8.43. The lowest BCUT2D eigenvalue weighted by atomic mass is 10.1. The Labute approximate surface area is 210 Å². The van der Waals surface area contributed by atoms with Crippen LogP contribution in [0.3, 0.4) is 0 Å². The predicted octanol–water partition coefficient (Wildman–Crippen LogP) is 6.89. The van der Waals surface area contributed by atoms with E-state index in [0.29, 0.717) is 15.7 Å². The molecule has 4 rings (SSSR count). The minimum Gasteiger partial charge on any atom is -0.322 e. The third-order valence-electron chi connectivity index (χ3n) is 4.82. The lowest BCUT2D eigenvalue weighted by Gasteiger charge is -2.11. The third kappa shape index (κ3) is 6.27. The maximum Gasteiger partial charge on any atom is 0.416 e. The van der Waals surface area contributed by atoms with E-state index in [4.69, 9.17) is 0 Å². The van der Waals surface area contributed by atoms with Gasteiger partial charge in [-0.3, -0.25) is 15.2 Å². The van der Waals surface area contributed by atoms with Gasteiger partial charge in [-0.05, 0) is 54.6 Å². The zero-order valence-electron chi connectivity index (χ0n) is 18.1. The molecule has 0 fully saturated rings. The molecular formula is C24H16BrF4N5O2. The van der Waals surface area contributed by atoms with E-state index in [1.54, 1.807) is 6.07 Å². The van der Waals surface area contributed by atoms with Crippen molar-refractivity contribution in [2.45, 2.75) is 6.18 Å². The summed E-state index contributed by atoms with van der Waals surface area (Å²) >= 11 is 3.21. The van der Waals surface area contributed by atoms with Crippen LogP contribution in [0, 0.1) is 5.82 Å². The lowest BCUT2D eigenvalue weighted by Crippen LogP contribution is -2.20. The van der Waals surface area contributed by atoms with Crippen LogP contribution in [0.15, 0.2) is 77.3 Å². The van der Waals surface area contributed by atoms with Crippen molar-refractivity contribution in [3.63, 3.8) is 0 Å². The molecule has 0 bridgehead atoms. The molecule has 12 heteroatoms. The highest BCUT2D eigenvalue weighted by molar-refractivity contribution is 9.10. The minimum absolute atomic E-state index is 0.0226. The Bertz CT molecular complexity index is 1420.